The van der Waals surface area contributed by atoms with Gasteiger partial charge in [-0.25, -0.2) is 9.97 Å². The van der Waals surface area contributed by atoms with Crippen LogP contribution < -0.4 is 0 Å². The van der Waals surface area contributed by atoms with Crippen molar-refractivity contribution < 1.29 is 4.74 Å². The van der Waals surface area contributed by atoms with Crippen molar-refractivity contribution in [3.63, 3.8) is 0 Å². The van der Waals surface area contributed by atoms with E-state index in [9.17, 15) is 0 Å². The molecule has 6 heteroatoms. The highest BCUT2D eigenvalue weighted by atomic mass is 79.9. The fraction of sp³-hybridized carbons (Fsp3) is 0.571. The molecule has 2 atom stereocenters. The van der Waals surface area contributed by atoms with Crippen molar-refractivity contribution in [2.24, 2.45) is 0 Å². The SMILES string of the molecule is CC1CC(n2c(CCCl)nc3cc(Br)cnc32)CCO1. The van der Waals surface area contributed by atoms with Gasteiger partial charge in [-0.3, -0.25) is 0 Å². The quantitative estimate of drug-likeness (QED) is 0.785. The van der Waals surface area contributed by atoms with Gasteiger partial charge in [0.2, 0.25) is 0 Å². The van der Waals surface area contributed by atoms with Crippen LogP contribution in [0.15, 0.2) is 16.7 Å². The fourth-order valence-electron chi connectivity index (χ4n) is 2.86. The first kappa shape index (κ1) is 14.3. The lowest BCUT2D eigenvalue weighted by Crippen LogP contribution is -2.26. The molecular weight excluding hydrogens is 342 g/mol. The van der Waals surface area contributed by atoms with Crippen molar-refractivity contribution >= 4 is 38.7 Å². The molecule has 3 heterocycles. The van der Waals surface area contributed by atoms with Crippen molar-refractivity contribution in [1.82, 2.24) is 14.5 Å². The molecule has 4 nitrogen and oxygen atoms in total. The summed E-state index contributed by atoms with van der Waals surface area (Å²) in [6.07, 6.45) is 4.88. The molecule has 108 valence electrons. The molecule has 2 unspecified atom stereocenters. The number of alkyl halides is 1. The van der Waals surface area contributed by atoms with Gasteiger partial charge in [0.05, 0.1) is 6.10 Å². The summed E-state index contributed by atoms with van der Waals surface area (Å²) in [4.78, 5) is 9.26. The van der Waals surface area contributed by atoms with Gasteiger partial charge in [0.15, 0.2) is 5.65 Å². The number of ether oxygens (including phenoxy) is 1. The van der Waals surface area contributed by atoms with Crippen molar-refractivity contribution in [2.45, 2.75) is 38.3 Å². The summed E-state index contributed by atoms with van der Waals surface area (Å²) in [6.45, 7) is 2.92. The van der Waals surface area contributed by atoms with E-state index in [1.165, 1.54) is 0 Å². The molecule has 0 radical (unpaired) electrons. The minimum atomic E-state index is 0.283. The average Bonchev–Trinajstić information content (AvgIpc) is 2.76. The Morgan fingerprint density at radius 3 is 3.15 bits per heavy atom. The van der Waals surface area contributed by atoms with Crippen molar-refractivity contribution in [3.8, 4) is 0 Å². The second-order valence-corrected chi connectivity index (χ2v) is 6.49. The standard InChI is InChI=1S/C14H17BrClN3O/c1-9-6-11(3-5-20-9)19-13(2-4-16)18-12-7-10(15)8-17-14(12)19/h7-9,11H,2-6H2,1H3. The van der Waals surface area contributed by atoms with Gasteiger partial charge in [-0.1, -0.05) is 0 Å². The molecule has 2 aromatic rings. The van der Waals surface area contributed by atoms with Crippen LogP contribution in [-0.2, 0) is 11.2 Å². The molecular formula is C14H17BrClN3O. The summed E-state index contributed by atoms with van der Waals surface area (Å²) in [5.41, 5.74) is 1.88. The zero-order chi connectivity index (χ0) is 14.1. The van der Waals surface area contributed by atoms with E-state index >= 15 is 0 Å². The maximum atomic E-state index is 5.93. The summed E-state index contributed by atoms with van der Waals surface area (Å²) in [6, 6.07) is 2.41. The maximum absolute atomic E-state index is 5.93. The zero-order valence-electron chi connectivity index (χ0n) is 11.4. The van der Waals surface area contributed by atoms with E-state index in [1.54, 1.807) is 0 Å². The topological polar surface area (TPSA) is 39.9 Å². The van der Waals surface area contributed by atoms with E-state index in [0.29, 0.717) is 11.9 Å². The van der Waals surface area contributed by atoms with E-state index in [2.05, 4.69) is 32.4 Å². The third-order valence-electron chi connectivity index (χ3n) is 3.71. The van der Waals surface area contributed by atoms with Crippen molar-refractivity contribution in [2.75, 3.05) is 12.5 Å². The lowest BCUT2D eigenvalue weighted by Gasteiger charge is -2.29. The highest BCUT2D eigenvalue weighted by molar-refractivity contribution is 9.10. The summed E-state index contributed by atoms with van der Waals surface area (Å²) in [5, 5.41) is 0. The summed E-state index contributed by atoms with van der Waals surface area (Å²) >= 11 is 9.38. The van der Waals surface area contributed by atoms with Gasteiger partial charge in [-0.2, -0.15) is 0 Å². The second-order valence-electron chi connectivity index (χ2n) is 5.19. The number of nitrogens with zero attached hydrogens (tertiary/aromatic N) is 3. The highest BCUT2D eigenvalue weighted by Gasteiger charge is 2.25. The van der Waals surface area contributed by atoms with Gasteiger partial charge in [0.25, 0.3) is 0 Å². The predicted molar refractivity (Wildman–Crippen MR) is 83.3 cm³/mol. The third-order valence-corrected chi connectivity index (χ3v) is 4.33. The van der Waals surface area contributed by atoms with E-state index in [-0.39, 0.29) is 6.10 Å². The Kier molecular flexibility index (Phi) is 4.29. The summed E-state index contributed by atoms with van der Waals surface area (Å²) in [7, 11) is 0. The minimum Gasteiger partial charge on any atom is -0.378 e. The van der Waals surface area contributed by atoms with Crippen LogP contribution >= 0.6 is 27.5 Å². The monoisotopic (exact) mass is 357 g/mol. The van der Waals surface area contributed by atoms with Crippen LogP contribution in [0.5, 0.6) is 0 Å². The van der Waals surface area contributed by atoms with Crippen molar-refractivity contribution in [1.29, 1.82) is 0 Å². The Balaban J connectivity index is 2.08. The smallest absolute Gasteiger partial charge is 0.160 e. The number of rotatable bonds is 3. The van der Waals surface area contributed by atoms with Gasteiger partial charge >= 0.3 is 0 Å². The molecule has 20 heavy (non-hydrogen) atoms. The molecule has 1 saturated heterocycles. The van der Waals surface area contributed by atoms with Crippen LogP contribution in [0.2, 0.25) is 0 Å². The number of imidazole rings is 1. The molecule has 0 aliphatic carbocycles. The molecule has 0 amide bonds. The average molecular weight is 359 g/mol. The lowest BCUT2D eigenvalue weighted by atomic mass is 10.0. The predicted octanol–water partition coefficient (Wildman–Crippen LogP) is 3.72. The molecule has 0 aromatic carbocycles. The van der Waals surface area contributed by atoms with Gasteiger partial charge < -0.3 is 9.30 Å². The first-order valence-corrected chi connectivity index (χ1v) is 8.21. The van der Waals surface area contributed by atoms with E-state index < -0.39 is 0 Å². The largest absolute Gasteiger partial charge is 0.378 e. The molecule has 0 N–H and O–H groups in total. The molecule has 1 aliphatic rings. The van der Waals surface area contributed by atoms with Crippen LogP contribution in [0, 0.1) is 0 Å². The first-order valence-electron chi connectivity index (χ1n) is 6.89. The van der Waals surface area contributed by atoms with Gasteiger partial charge in [0, 0.05) is 35.6 Å². The molecule has 0 spiro atoms. The van der Waals surface area contributed by atoms with E-state index in [1.807, 2.05) is 12.3 Å². The van der Waals surface area contributed by atoms with Gasteiger partial charge in [0.1, 0.15) is 11.3 Å². The Bertz CT molecular complexity index is 616. The summed E-state index contributed by atoms with van der Waals surface area (Å²) < 4.78 is 8.87. The number of hydrogen-bond acceptors (Lipinski definition) is 3. The number of hydrogen-bond donors (Lipinski definition) is 0. The molecule has 3 rings (SSSR count). The molecule has 1 fully saturated rings. The number of pyridine rings is 1. The highest BCUT2D eigenvalue weighted by Crippen LogP contribution is 2.30. The lowest BCUT2D eigenvalue weighted by molar-refractivity contribution is 0.00616. The zero-order valence-corrected chi connectivity index (χ0v) is 13.7. The van der Waals surface area contributed by atoms with Crippen LogP contribution in [0.4, 0.5) is 0 Å². The van der Waals surface area contributed by atoms with Crippen molar-refractivity contribution in [3.05, 3.63) is 22.6 Å². The van der Waals surface area contributed by atoms with Crippen LogP contribution in [0.3, 0.4) is 0 Å². The number of aromatic nitrogens is 3. The first-order chi connectivity index (χ1) is 9.69. The number of fused-ring (bicyclic) bond motifs is 1. The molecule has 0 saturated carbocycles. The number of aryl methyl sites for hydroxylation is 1. The summed E-state index contributed by atoms with van der Waals surface area (Å²) in [5.74, 6) is 1.60. The molecule has 2 aromatic heterocycles. The third kappa shape index (κ3) is 2.71. The van der Waals surface area contributed by atoms with E-state index in [4.69, 9.17) is 21.3 Å². The Morgan fingerprint density at radius 1 is 1.55 bits per heavy atom. The van der Waals surface area contributed by atoms with Crippen LogP contribution in [-0.4, -0.2) is 33.1 Å². The normalized spacial score (nSPS) is 23.4. The molecule has 1 aliphatic heterocycles. The van der Waals surface area contributed by atoms with Gasteiger partial charge in [-0.05, 0) is 41.8 Å². The van der Waals surface area contributed by atoms with Gasteiger partial charge in [-0.15, -0.1) is 11.6 Å². The minimum absolute atomic E-state index is 0.283. The second kappa shape index (κ2) is 6.00. The van der Waals surface area contributed by atoms with Crippen LogP contribution in [0.25, 0.3) is 11.2 Å². The fourth-order valence-corrected chi connectivity index (χ4v) is 3.35. The Labute approximate surface area is 131 Å². The molecule has 0 bridgehead atoms. The van der Waals surface area contributed by atoms with Crippen LogP contribution in [0.1, 0.15) is 31.6 Å². The number of halogens is 2. The maximum Gasteiger partial charge on any atom is 0.160 e. The Morgan fingerprint density at radius 2 is 2.40 bits per heavy atom. The van der Waals surface area contributed by atoms with E-state index in [0.717, 1.165) is 47.3 Å². The Hall–Kier alpha value is -0.650.